The van der Waals surface area contributed by atoms with Gasteiger partial charge in [-0.2, -0.15) is 13.2 Å². The standard InChI is InChI=1S/C28H35F3O3/c1-27(2,3)22-12-14-23(15-13-22)34-25-16-11-21(18-24(25)28(29,30)31)20-9-6-8-19(17-20)7-4-5-10-26(32)33/h6,8-9,11,16-18,22-23H,4-5,7,10,12-15H2,1-3H3,(H,32,33). The zero-order valence-corrected chi connectivity index (χ0v) is 20.3. The second-order valence-electron chi connectivity index (χ2n) is 10.5. The molecule has 0 atom stereocenters. The van der Waals surface area contributed by atoms with Crippen LogP contribution < -0.4 is 4.74 Å². The van der Waals surface area contributed by atoms with Gasteiger partial charge in [-0.1, -0.05) is 51.1 Å². The molecule has 0 spiro atoms. The molecule has 34 heavy (non-hydrogen) atoms. The van der Waals surface area contributed by atoms with E-state index >= 15 is 0 Å². The van der Waals surface area contributed by atoms with E-state index in [9.17, 15) is 18.0 Å². The van der Waals surface area contributed by atoms with Gasteiger partial charge in [-0.3, -0.25) is 4.79 Å². The molecule has 0 heterocycles. The second kappa shape index (κ2) is 10.8. The number of aliphatic carboxylic acids is 1. The third-order valence-corrected chi connectivity index (χ3v) is 6.84. The Bertz CT molecular complexity index is 968. The molecule has 2 aromatic carbocycles. The molecule has 1 aliphatic carbocycles. The van der Waals surface area contributed by atoms with Crippen molar-refractivity contribution >= 4 is 5.97 Å². The summed E-state index contributed by atoms with van der Waals surface area (Å²) in [7, 11) is 0. The monoisotopic (exact) mass is 476 g/mol. The summed E-state index contributed by atoms with van der Waals surface area (Å²) in [6.45, 7) is 6.64. The van der Waals surface area contributed by atoms with E-state index < -0.39 is 17.7 Å². The molecular formula is C28H35F3O3. The van der Waals surface area contributed by atoms with Crippen LogP contribution in [-0.2, 0) is 17.4 Å². The molecular weight excluding hydrogens is 441 g/mol. The average Bonchev–Trinajstić information content (AvgIpc) is 2.76. The van der Waals surface area contributed by atoms with E-state index in [1.165, 1.54) is 12.1 Å². The van der Waals surface area contributed by atoms with Crippen LogP contribution in [0.3, 0.4) is 0 Å². The predicted molar refractivity (Wildman–Crippen MR) is 128 cm³/mol. The zero-order valence-electron chi connectivity index (χ0n) is 20.3. The third-order valence-electron chi connectivity index (χ3n) is 6.84. The molecule has 1 fully saturated rings. The first-order valence-corrected chi connectivity index (χ1v) is 12.1. The van der Waals surface area contributed by atoms with Gasteiger partial charge in [0.2, 0.25) is 0 Å². The number of carboxylic acid groups (broad SMARTS) is 1. The van der Waals surface area contributed by atoms with E-state index in [1.54, 1.807) is 12.1 Å². The van der Waals surface area contributed by atoms with Crippen molar-refractivity contribution in [2.75, 3.05) is 0 Å². The lowest BCUT2D eigenvalue weighted by atomic mass is 9.72. The van der Waals surface area contributed by atoms with Gasteiger partial charge >= 0.3 is 12.1 Å². The van der Waals surface area contributed by atoms with Crippen molar-refractivity contribution in [2.45, 2.75) is 84.4 Å². The smallest absolute Gasteiger partial charge is 0.419 e. The maximum atomic E-state index is 13.9. The molecule has 3 rings (SSSR count). The molecule has 2 aromatic rings. The van der Waals surface area contributed by atoms with Crippen molar-refractivity contribution in [3.63, 3.8) is 0 Å². The van der Waals surface area contributed by atoms with Crippen LogP contribution in [0.5, 0.6) is 5.75 Å². The minimum Gasteiger partial charge on any atom is -0.490 e. The fourth-order valence-electron chi connectivity index (χ4n) is 4.77. The molecule has 1 N–H and O–H groups in total. The minimum atomic E-state index is -4.51. The van der Waals surface area contributed by atoms with E-state index in [0.29, 0.717) is 36.3 Å². The molecule has 0 aromatic heterocycles. The molecule has 0 saturated heterocycles. The molecule has 1 aliphatic rings. The molecule has 3 nitrogen and oxygen atoms in total. The first-order chi connectivity index (χ1) is 15.9. The number of aryl methyl sites for hydroxylation is 1. The largest absolute Gasteiger partial charge is 0.490 e. The topological polar surface area (TPSA) is 46.5 Å². The Morgan fingerprint density at radius 3 is 2.26 bits per heavy atom. The molecule has 0 aliphatic heterocycles. The number of rotatable bonds is 8. The van der Waals surface area contributed by atoms with Gasteiger partial charge in [0.05, 0.1) is 11.7 Å². The fraction of sp³-hybridized carbons (Fsp3) is 0.536. The second-order valence-corrected chi connectivity index (χ2v) is 10.5. The van der Waals surface area contributed by atoms with Crippen LogP contribution in [0.1, 0.15) is 76.8 Å². The Morgan fingerprint density at radius 2 is 1.65 bits per heavy atom. The summed E-state index contributed by atoms with van der Waals surface area (Å²) < 4.78 is 47.7. The van der Waals surface area contributed by atoms with Crippen molar-refractivity contribution < 1.29 is 27.8 Å². The van der Waals surface area contributed by atoms with Gasteiger partial charge in [-0.05, 0) is 85.1 Å². The highest BCUT2D eigenvalue weighted by Gasteiger charge is 2.36. The van der Waals surface area contributed by atoms with Crippen LogP contribution in [0.25, 0.3) is 11.1 Å². The average molecular weight is 477 g/mol. The summed E-state index contributed by atoms with van der Waals surface area (Å²) in [5, 5.41) is 8.76. The Balaban J connectivity index is 1.74. The van der Waals surface area contributed by atoms with Crippen LogP contribution in [0.15, 0.2) is 42.5 Å². The number of benzene rings is 2. The molecule has 0 amide bonds. The summed E-state index contributed by atoms with van der Waals surface area (Å²) >= 11 is 0. The molecule has 1 saturated carbocycles. The number of carbonyl (C=O) groups is 1. The quantitative estimate of drug-likeness (QED) is 0.391. The number of hydrogen-bond acceptors (Lipinski definition) is 2. The minimum absolute atomic E-state index is 0.0970. The van der Waals surface area contributed by atoms with Gasteiger partial charge in [0.25, 0.3) is 0 Å². The van der Waals surface area contributed by atoms with Crippen LogP contribution in [0, 0.1) is 11.3 Å². The SMILES string of the molecule is CC(C)(C)C1CCC(Oc2ccc(-c3cccc(CCCCC(=O)O)c3)cc2C(F)(F)F)CC1. The maximum absolute atomic E-state index is 13.9. The van der Waals surface area contributed by atoms with Crippen LogP contribution >= 0.6 is 0 Å². The molecule has 0 unspecified atom stereocenters. The normalized spacial score (nSPS) is 19.1. The van der Waals surface area contributed by atoms with Gasteiger partial charge in [-0.15, -0.1) is 0 Å². The Kier molecular flexibility index (Phi) is 8.32. The highest BCUT2D eigenvalue weighted by Crippen LogP contribution is 2.42. The predicted octanol–water partition coefficient (Wildman–Crippen LogP) is 8.15. The van der Waals surface area contributed by atoms with Crippen molar-refractivity contribution in [1.29, 1.82) is 0 Å². The van der Waals surface area contributed by atoms with Gasteiger partial charge in [0, 0.05) is 6.42 Å². The van der Waals surface area contributed by atoms with Gasteiger partial charge < -0.3 is 9.84 Å². The fourth-order valence-corrected chi connectivity index (χ4v) is 4.77. The van der Waals surface area contributed by atoms with E-state index in [1.807, 2.05) is 18.2 Å². The number of hydrogen-bond donors (Lipinski definition) is 1. The van der Waals surface area contributed by atoms with E-state index in [4.69, 9.17) is 9.84 Å². The summed E-state index contributed by atoms with van der Waals surface area (Å²) in [4.78, 5) is 10.7. The summed E-state index contributed by atoms with van der Waals surface area (Å²) in [6.07, 6.45) is 0.854. The zero-order chi connectivity index (χ0) is 24.9. The first kappa shape index (κ1) is 26.1. The van der Waals surface area contributed by atoms with Gasteiger partial charge in [0.1, 0.15) is 5.75 Å². The van der Waals surface area contributed by atoms with Crippen molar-refractivity contribution in [2.24, 2.45) is 11.3 Å². The Labute approximate surface area is 200 Å². The van der Waals surface area contributed by atoms with Crippen molar-refractivity contribution in [3.8, 4) is 16.9 Å². The van der Waals surface area contributed by atoms with E-state index in [0.717, 1.165) is 31.2 Å². The van der Waals surface area contributed by atoms with Crippen LogP contribution in [-0.4, -0.2) is 17.2 Å². The van der Waals surface area contributed by atoms with E-state index in [2.05, 4.69) is 20.8 Å². The summed E-state index contributed by atoms with van der Waals surface area (Å²) in [6, 6.07) is 11.7. The third kappa shape index (κ3) is 7.25. The number of halogens is 3. The van der Waals surface area contributed by atoms with Crippen molar-refractivity contribution in [3.05, 3.63) is 53.6 Å². The van der Waals surface area contributed by atoms with Crippen LogP contribution in [0.2, 0.25) is 0 Å². The lowest BCUT2D eigenvalue weighted by Crippen LogP contribution is -2.30. The summed E-state index contributed by atoms with van der Waals surface area (Å²) in [5.41, 5.74) is 1.64. The van der Waals surface area contributed by atoms with Gasteiger partial charge in [-0.25, -0.2) is 0 Å². The first-order valence-electron chi connectivity index (χ1n) is 12.1. The van der Waals surface area contributed by atoms with Crippen LogP contribution in [0.4, 0.5) is 13.2 Å². The highest BCUT2D eigenvalue weighted by molar-refractivity contribution is 5.67. The number of ether oxygens (including phenoxy) is 1. The Hall–Kier alpha value is -2.50. The maximum Gasteiger partial charge on any atom is 0.419 e. The lowest BCUT2D eigenvalue weighted by Gasteiger charge is -2.37. The van der Waals surface area contributed by atoms with E-state index in [-0.39, 0.29) is 23.7 Å². The highest BCUT2D eigenvalue weighted by atomic mass is 19.4. The number of unbranched alkanes of at least 4 members (excludes halogenated alkanes) is 1. The Morgan fingerprint density at radius 1 is 0.971 bits per heavy atom. The van der Waals surface area contributed by atoms with Gasteiger partial charge in [0.15, 0.2) is 0 Å². The molecule has 0 radical (unpaired) electrons. The summed E-state index contributed by atoms with van der Waals surface area (Å²) in [5.74, 6) is -0.355. The number of alkyl halides is 3. The molecule has 0 bridgehead atoms. The van der Waals surface area contributed by atoms with Crippen molar-refractivity contribution in [1.82, 2.24) is 0 Å². The lowest BCUT2D eigenvalue weighted by molar-refractivity contribution is -0.139. The molecule has 6 heteroatoms. The molecule has 186 valence electrons. The number of carboxylic acids is 1.